The van der Waals surface area contributed by atoms with Crippen LogP contribution in [0.3, 0.4) is 0 Å². The number of ether oxygens (including phenoxy) is 1. The topological polar surface area (TPSA) is 70.6 Å². The van der Waals surface area contributed by atoms with Crippen LogP contribution in [0.25, 0.3) is 0 Å². The molecule has 0 saturated heterocycles. The molecule has 1 aromatic carbocycles. The van der Waals surface area contributed by atoms with Gasteiger partial charge in [0.15, 0.2) is 0 Å². The Balaban J connectivity index is 1.43. The Kier molecular flexibility index (Phi) is 8.53. The first-order valence-corrected chi connectivity index (χ1v) is 13.4. The van der Waals surface area contributed by atoms with Gasteiger partial charge in [0.05, 0.1) is 16.0 Å². The average Bonchev–Trinajstić information content (AvgIpc) is 3.34. The maximum atomic E-state index is 13.3. The van der Waals surface area contributed by atoms with Crippen LogP contribution in [0.2, 0.25) is 0 Å². The lowest BCUT2D eigenvalue weighted by molar-refractivity contribution is 0.0754. The molecule has 1 N–H and O–H groups in total. The molecule has 1 aliphatic rings. The van der Waals surface area contributed by atoms with E-state index in [1.54, 1.807) is 17.5 Å². The third kappa shape index (κ3) is 6.09. The summed E-state index contributed by atoms with van der Waals surface area (Å²) >= 11 is 1.75. The van der Waals surface area contributed by atoms with Crippen LogP contribution in [0.5, 0.6) is 5.75 Å². The fourth-order valence-electron chi connectivity index (χ4n) is 4.33. The quantitative estimate of drug-likeness (QED) is 0.423. The van der Waals surface area contributed by atoms with E-state index in [4.69, 9.17) is 4.74 Å². The molecule has 3 radical (unpaired) electrons. The number of anilines is 1. The summed E-state index contributed by atoms with van der Waals surface area (Å²) in [5, 5.41) is 5.33. The number of amides is 1. The second kappa shape index (κ2) is 11.8. The minimum absolute atomic E-state index is 0.0346. The molecule has 0 saturated carbocycles. The van der Waals surface area contributed by atoms with E-state index in [9.17, 15) is 4.79 Å². The summed E-state index contributed by atoms with van der Waals surface area (Å²) in [5.41, 5.74) is 1.47. The first-order valence-electron chi connectivity index (χ1n) is 12.0. The number of fused-ring (bicyclic) bond motifs is 1. The van der Waals surface area contributed by atoms with Gasteiger partial charge in [-0.25, -0.2) is 9.97 Å². The zero-order valence-corrected chi connectivity index (χ0v) is 22.3. The Labute approximate surface area is 215 Å². The normalized spacial score (nSPS) is 15.6. The highest BCUT2D eigenvalue weighted by atomic mass is 32.1. The van der Waals surface area contributed by atoms with Crippen LogP contribution in [0.1, 0.15) is 47.0 Å². The molecular formula is C26H32N5O2SSi. The van der Waals surface area contributed by atoms with E-state index in [0.717, 1.165) is 30.8 Å². The van der Waals surface area contributed by atoms with Crippen LogP contribution >= 0.6 is 11.3 Å². The smallest absolute Gasteiger partial charge is 0.259 e. The molecule has 7 nitrogen and oxygen atoms in total. The van der Waals surface area contributed by atoms with Crippen molar-refractivity contribution in [3.8, 4) is 5.75 Å². The van der Waals surface area contributed by atoms with E-state index >= 15 is 0 Å². The van der Waals surface area contributed by atoms with E-state index in [-0.39, 0.29) is 23.6 Å². The molecule has 1 aliphatic heterocycles. The van der Waals surface area contributed by atoms with Crippen molar-refractivity contribution >= 4 is 33.3 Å². The number of nitrogens with zero attached hydrogens (tertiary/aromatic N) is 4. The fourth-order valence-corrected chi connectivity index (χ4v) is 5.82. The number of thiophene rings is 1. The van der Waals surface area contributed by atoms with E-state index in [2.05, 4.69) is 61.8 Å². The predicted molar refractivity (Wildman–Crippen MR) is 141 cm³/mol. The highest BCUT2D eigenvalue weighted by molar-refractivity contribution is 7.10. The van der Waals surface area contributed by atoms with Gasteiger partial charge in [0.1, 0.15) is 23.5 Å². The molecule has 2 aromatic heterocycles. The molecule has 2 atom stereocenters. The van der Waals surface area contributed by atoms with Gasteiger partial charge in [-0.15, -0.1) is 11.3 Å². The fraction of sp³-hybridized carbons (Fsp3) is 0.423. The van der Waals surface area contributed by atoms with E-state index in [0.29, 0.717) is 24.5 Å². The number of rotatable bonds is 10. The number of hydrogen-bond acceptors (Lipinski definition) is 7. The molecular weight excluding hydrogens is 474 g/mol. The molecule has 3 aromatic rings. The van der Waals surface area contributed by atoms with Gasteiger partial charge in [-0.05, 0) is 63.0 Å². The van der Waals surface area contributed by atoms with E-state index < -0.39 is 0 Å². The number of benzene rings is 1. The van der Waals surface area contributed by atoms with Crippen molar-refractivity contribution in [3.05, 3.63) is 70.3 Å². The maximum absolute atomic E-state index is 13.3. The van der Waals surface area contributed by atoms with Gasteiger partial charge in [-0.3, -0.25) is 4.79 Å². The Morgan fingerprint density at radius 3 is 2.69 bits per heavy atom. The van der Waals surface area contributed by atoms with Crippen LogP contribution in [-0.4, -0.2) is 69.5 Å². The Morgan fingerprint density at radius 2 is 2.00 bits per heavy atom. The summed E-state index contributed by atoms with van der Waals surface area (Å²) in [6, 6.07) is 12.5. The van der Waals surface area contributed by atoms with Crippen molar-refractivity contribution in [1.29, 1.82) is 0 Å². The van der Waals surface area contributed by atoms with Gasteiger partial charge in [-0.1, -0.05) is 18.2 Å². The predicted octanol–water partition coefficient (Wildman–Crippen LogP) is 3.68. The van der Waals surface area contributed by atoms with Crippen LogP contribution in [0.4, 0.5) is 5.82 Å². The van der Waals surface area contributed by atoms with Crippen LogP contribution < -0.4 is 15.0 Å². The third-order valence-electron chi connectivity index (χ3n) is 6.25. The minimum atomic E-state index is -0.140. The Hall–Kier alpha value is -2.75. The summed E-state index contributed by atoms with van der Waals surface area (Å²) in [6.07, 6.45) is 4.11. The van der Waals surface area contributed by atoms with Gasteiger partial charge >= 0.3 is 0 Å². The molecule has 0 spiro atoms. The second-order valence-corrected chi connectivity index (χ2v) is 10.5. The van der Waals surface area contributed by atoms with Crippen molar-refractivity contribution in [1.82, 2.24) is 20.2 Å². The summed E-state index contributed by atoms with van der Waals surface area (Å²) in [4.78, 5) is 27.1. The van der Waals surface area contributed by atoms with Crippen molar-refractivity contribution in [2.24, 2.45) is 0 Å². The zero-order valence-electron chi connectivity index (χ0n) is 20.5. The Morgan fingerprint density at radius 1 is 1.20 bits per heavy atom. The van der Waals surface area contributed by atoms with E-state index in [1.807, 2.05) is 36.2 Å². The zero-order chi connectivity index (χ0) is 24.8. The molecule has 9 heteroatoms. The lowest BCUT2D eigenvalue weighted by atomic mass is 10.0. The first-order chi connectivity index (χ1) is 17.0. The summed E-state index contributed by atoms with van der Waals surface area (Å²) in [6.45, 7) is 7.03. The summed E-state index contributed by atoms with van der Waals surface area (Å²) < 4.78 is 6.26. The van der Waals surface area contributed by atoms with E-state index in [1.165, 1.54) is 11.2 Å². The number of hydrogen-bond donors (Lipinski definition) is 1. The van der Waals surface area contributed by atoms with Crippen LogP contribution in [0.15, 0.2) is 54.3 Å². The van der Waals surface area contributed by atoms with Gasteiger partial charge in [0.2, 0.25) is 0 Å². The number of carbonyl (C=O) groups is 1. The Bertz CT molecular complexity index is 1090. The average molecular weight is 507 g/mol. The standard InChI is InChI=1S/C26H32N5O2SSi/c1-18(2)31-13-12-30(25(32)22-15-28-17-29-24(22)31)16-19-6-8-20(9-7-19)33-26(35)21(10-11-27-3)23-5-4-14-34-23/h4-9,14-15,17-18,21,26-27H,10-13,16H2,1-3H3/t21-,26?/m0/s1. The molecule has 1 amide bonds. The molecule has 4 rings (SSSR count). The number of nitrogens with one attached hydrogen (secondary N) is 1. The van der Waals surface area contributed by atoms with Crippen LogP contribution in [0, 0.1) is 0 Å². The molecule has 0 bridgehead atoms. The number of aromatic nitrogens is 2. The first kappa shape index (κ1) is 25.3. The highest BCUT2D eigenvalue weighted by Gasteiger charge is 2.29. The monoisotopic (exact) mass is 506 g/mol. The largest absolute Gasteiger partial charge is 0.494 e. The third-order valence-corrected chi connectivity index (χ3v) is 7.78. The minimum Gasteiger partial charge on any atom is -0.494 e. The van der Waals surface area contributed by atoms with Gasteiger partial charge in [0.25, 0.3) is 5.91 Å². The lowest BCUT2D eigenvalue weighted by Gasteiger charge is -2.27. The van der Waals surface area contributed by atoms with Gasteiger partial charge < -0.3 is 19.9 Å². The van der Waals surface area contributed by atoms with Crippen molar-refractivity contribution in [2.75, 3.05) is 31.6 Å². The molecule has 35 heavy (non-hydrogen) atoms. The van der Waals surface area contributed by atoms with Gasteiger partial charge in [0, 0.05) is 42.7 Å². The highest BCUT2D eigenvalue weighted by Crippen LogP contribution is 2.29. The van der Waals surface area contributed by atoms with Crippen molar-refractivity contribution in [2.45, 2.75) is 44.5 Å². The van der Waals surface area contributed by atoms with Gasteiger partial charge in [-0.2, -0.15) is 0 Å². The van der Waals surface area contributed by atoms with Crippen molar-refractivity contribution in [3.63, 3.8) is 0 Å². The SMILES string of the molecule is CNCC[C@@H](c1cccs1)C([Si])Oc1ccc(CN2CCN(C(C)C)c3ncncc3C2=O)cc1. The molecule has 1 unspecified atom stereocenters. The summed E-state index contributed by atoms with van der Waals surface area (Å²) in [7, 11) is 5.79. The molecule has 0 aliphatic carbocycles. The molecule has 3 heterocycles. The summed E-state index contributed by atoms with van der Waals surface area (Å²) in [5.74, 6) is 1.73. The second-order valence-electron chi connectivity index (χ2n) is 8.97. The molecule has 183 valence electrons. The maximum Gasteiger partial charge on any atom is 0.259 e. The number of carbonyl (C=O) groups excluding carboxylic acids is 1. The lowest BCUT2D eigenvalue weighted by Crippen LogP contribution is -2.37. The van der Waals surface area contributed by atoms with Crippen molar-refractivity contribution < 1.29 is 9.53 Å². The van der Waals surface area contributed by atoms with Crippen LogP contribution in [-0.2, 0) is 6.54 Å². The molecule has 0 fully saturated rings.